The number of aromatic nitrogens is 5. The van der Waals surface area contributed by atoms with E-state index in [1.807, 2.05) is 40.7 Å². The molecule has 1 saturated heterocycles. The van der Waals surface area contributed by atoms with E-state index in [1.165, 1.54) is 18.5 Å². The van der Waals surface area contributed by atoms with Gasteiger partial charge in [-0.2, -0.15) is 15.5 Å². The monoisotopic (exact) mass is 374 g/mol. The van der Waals surface area contributed by atoms with Crippen molar-refractivity contribution in [2.45, 2.75) is 37.5 Å². The van der Waals surface area contributed by atoms with Crippen molar-refractivity contribution >= 4 is 0 Å². The second-order valence-electron chi connectivity index (χ2n) is 7.60. The molecule has 0 bridgehead atoms. The van der Waals surface area contributed by atoms with Crippen molar-refractivity contribution in [3.63, 3.8) is 0 Å². The molecule has 1 saturated carbocycles. The van der Waals surface area contributed by atoms with Crippen LogP contribution in [0.5, 0.6) is 0 Å². The molecule has 1 aliphatic carbocycles. The highest BCUT2D eigenvalue weighted by molar-refractivity contribution is 5.55. The fourth-order valence-corrected chi connectivity index (χ4v) is 3.83. The van der Waals surface area contributed by atoms with E-state index in [0.29, 0.717) is 17.4 Å². The SMILES string of the molecule is Cn1nc(-c2nc(C3CCOCC3)nn2-c2ccc(C#N)cc2)cc1C1CC1. The van der Waals surface area contributed by atoms with Gasteiger partial charge in [-0.25, -0.2) is 9.67 Å². The van der Waals surface area contributed by atoms with Crippen LogP contribution in [0.3, 0.4) is 0 Å². The Bertz CT molecular complexity index is 1030. The quantitative estimate of drug-likeness (QED) is 0.700. The highest BCUT2D eigenvalue weighted by Gasteiger charge is 2.29. The maximum atomic E-state index is 9.09. The summed E-state index contributed by atoms with van der Waals surface area (Å²) in [4.78, 5) is 4.91. The zero-order valence-electron chi connectivity index (χ0n) is 15.9. The molecule has 2 aromatic heterocycles. The van der Waals surface area contributed by atoms with Crippen LogP contribution in [0.2, 0.25) is 0 Å². The molecular formula is C21H22N6O. The molecule has 0 radical (unpaired) electrons. The van der Waals surface area contributed by atoms with Crippen molar-refractivity contribution in [2.75, 3.05) is 13.2 Å². The lowest BCUT2D eigenvalue weighted by Gasteiger charge is -2.18. The lowest BCUT2D eigenvalue weighted by molar-refractivity contribution is 0.0836. The minimum Gasteiger partial charge on any atom is -0.381 e. The Labute approximate surface area is 163 Å². The van der Waals surface area contributed by atoms with Crippen molar-refractivity contribution in [2.24, 2.45) is 7.05 Å². The molecule has 142 valence electrons. The van der Waals surface area contributed by atoms with E-state index in [0.717, 1.165) is 49.1 Å². The maximum absolute atomic E-state index is 9.09. The van der Waals surface area contributed by atoms with Gasteiger partial charge in [-0.05, 0) is 56.0 Å². The van der Waals surface area contributed by atoms with Crippen LogP contribution < -0.4 is 0 Å². The van der Waals surface area contributed by atoms with Gasteiger partial charge in [0.05, 0.1) is 17.3 Å². The summed E-state index contributed by atoms with van der Waals surface area (Å²) < 4.78 is 9.33. The van der Waals surface area contributed by atoms with Crippen LogP contribution in [0.25, 0.3) is 17.2 Å². The van der Waals surface area contributed by atoms with Gasteiger partial charge in [-0.15, -0.1) is 0 Å². The zero-order chi connectivity index (χ0) is 19.1. The van der Waals surface area contributed by atoms with Crippen LogP contribution in [-0.2, 0) is 11.8 Å². The summed E-state index contributed by atoms with van der Waals surface area (Å²) in [6.07, 6.45) is 4.34. The molecule has 2 fully saturated rings. The average Bonchev–Trinajstić information content (AvgIpc) is 3.36. The van der Waals surface area contributed by atoms with Gasteiger partial charge < -0.3 is 4.74 Å². The third kappa shape index (κ3) is 3.10. The highest BCUT2D eigenvalue weighted by atomic mass is 16.5. The van der Waals surface area contributed by atoms with Crippen molar-refractivity contribution in [3.05, 3.63) is 47.4 Å². The number of nitrogens with zero attached hydrogens (tertiary/aromatic N) is 6. The molecule has 7 nitrogen and oxygen atoms in total. The predicted octanol–water partition coefficient (Wildman–Crippen LogP) is 3.31. The summed E-state index contributed by atoms with van der Waals surface area (Å²) in [5, 5.41) is 18.7. The topological polar surface area (TPSA) is 81.5 Å². The Morgan fingerprint density at radius 1 is 1.04 bits per heavy atom. The summed E-state index contributed by atoms with van der Waals surface area (Å²) in [5.74, 6) is 2.53. The number of nitriles is 1. The fourth-order valence-electron chi connectivity index (χ4n) is 3.83. The summed E-state index contributed by atoms with van der Waals surface area (Å²) in [5.41, 5.74) is 3.62. The molecule has 2 aliphatic rings. The predicted molar refractivity (Wildman–Crippen MR) is 103 cm³/mol. The molecule has 7 heteroatoms. The van der Waals surface area contributed by atoms with Gasteiger partial charge in [0.1, 0.15) is 5.69 Å². The molecule has 3 heterocycles. The first kappa shape index (κ1) is 17.1. The summed E-state index contributed by atoms with van der Waals surface area (Å²) in [6.45, 7) is 1.50. The van der Waals surface area contributed by atoms with Crippen LogP contribution in [0.15, 0.2) is 30.3 Å². The lowest BCUT2D eigenvalue weighted by Crippen LogP contribution is -2.15. The van der Waals surface area contributed by atoms with E-state index in [1.54, 1.807) is 0 Å². The number of rotatable bonds is 4. The van der Waals surface area contributed by atoms with Gasteiger partial charge in [0.25, 0.3) is 0 Å². The number of benzene rings is 1. The van der Waals surface area contributed by atoms with Crippen LogP contribution >= 0.6 is 0 Å². The normalized spacial score (nSPS) is 17.6. The van der Waals surface area contributed by atoms with Crippen molar-refractivity contribution in [3.8, 4) is 23.3 Å². The smallest absolute Gasteiger partial charge is 0.183 e. The first-order valence-electron chi connectivity index (χ1n) is 9.82. The average molecular weight is 374 g/mol. The summed E-state index contributed by atoms with van der Waals surface area (Å²) in [6, 6.07) is 11.8. The van der Waals surface area contributed by atoms with Crippen molar-refractivity contribution in [1.29, 1.82) is 5.26 Å². The summed E-state index contributed by atoms with van der Waals surface area (Å²) in [7, 11) is 2.00. The lowest BCUT2D eigenvalue weighted by atomic mass is 10.00. The largest absolute Gasteiger partial charge is 0.381 e. The minimum absolute atomic E-state index is 0.304. The molecule has 0 N–H and O–H groups in total. The highest BCUT2D eigenvalue weighted by Crippen LogP contribution is 2.41. The molecule has 0 atom stereocenters. The Kier molecular flexibility index (Phi) is 4.21. The zero-order valence-corrected chi connectivity index (χ0v) is 15.9. The molecule has 3 aromatic rings. The molecule has 1 aromatic carbocycles. The number of ether oxygens (including phenoxy) is 1. The van der Waals surface area contributed by atoms with Crippen LogP contribution in [0.4, 0.5) is 0 Å². The first-order chi connectivity index (χ1) is 13.7. The number of hydrogen-bond acceptors (Lipinski definition) is 5. The minimum atomic E-state index is 0.304. The molecule has 0 amide bonds. The van der Waals surface area contributed by atoms with E-state index in [4.69, 9.17) is 25.2 Å². The van der Waals surface area contributed by atoms with Gasteiger partial charge in [-0.1, -0.05) is 0 Å². The van der Waals surface area contributed by atoms with Gasteiger partial charge in [0.2, 0.25) is 0 Å². The first-order valence-corrected chi connectivity index (χ1v) is 9.82. The second kappa shape index (κ2) is 6.88. The second-order valence-corrected chi connectivity index (χ2v) is 7.60. The molecule has 1 aliphatic heterocycles. The van der Waals surface area contributed by atoms with E-state index < -0.39 is 0 Å². The molecule has 28 heavy (non-hydrogen) atoms. The number of hydrogen-bond donors (Lipinski definition) is 0. The number of aryl methyl sites for hydroxylation is 1. The maximum Gasteiger partial charge on any atom is 0.183 e. The van der Waals surface area contributed by atoms with Gasteiger partial charge >= 0.3 is 0 Å². The van der Waals surface area contributed by atoms with Gasteiger partial charge in [0, 0.05) is 37.8 Å². The Hall–Kier alpha value is -2.98. The molecule has 0 spiro atoms. The van der Waals surface area contributed by atoms with Gasteiger partial charge in [0.15, 0.2) is 11.6 Å². The summed E-state index contributed by atoms with van der Waals surface area (Å²) >= 11 is 0. The Balaban J connectivity index is 1.59. The van der Waals surface area contributed by atoms with Crippen molar-refractivity contribution < 1.29 is 4.74 Å². The molecule has 5 rings (SSSR count). The van der Waals surface area contributed by atoms with Crippen LogP contribution in [0, 0.1) is 11.3 Å². The molecule has 0 unspecified atom stereocenters. The Morgan fingerprint density at radius 2 is 1.79 bits per heavy atom. The standard InChI is InChI=1S/C21H22N6O/c1-26-19(15-4-5-15)12-18(24-26)21-23-20(16-8-10-28-11-9-16)25-27(21)17-6-2-14(13-22)3-7-17/h2-3,6-7,12,15-16H,4-5,8-11H2,1H3. The molecular weight excluding hydrogens is 352 g/mol. The van der Waals surface area contributed by atoms with E-state index >= 15 is 0 Å². The van der Waals surface area contributed by atoms with E-state index in [-0.39, 0.29) is 0 Å². The van der Waals surface area contributed by atoms with Crippen molar-refractivity contribution in [1.82, 2.24) is 24.5 Å². The third-order valence-corrected chi connectivity index (χ3v) is 5.59. The third-order valence-electron chi connectivity index (χ3n) is 5.59. The van der Waals surface area contributed by atoms with E-state index in [9.17, 15) is 0 Å². The Morgan fingerprint density at radius 3 is 2.46 bits per heavy atom. The van der Waals surface area contributed by atoms with Crippen LogP contribution in [-0.4, -0.2) is 37.8 Å². The van der Waals surface area contributed by atoms with E-state index in [2.05, 4.69) is 12.1 Å². The fraction of sp³-hybridized carbons (Fsp3) is 0.429. The van der Waals surface area contributed by atoms with Gasteiger partial charge in [-0.3, -0.25) is 4.68 Å². The van der Waals surface area contributed by atoms with Crippen LogP contribution in [0.1, 0.15) is 54.6 Å².